The van der Waals surface area contributed by atoms with Gasteiger partial charge in [0.15, 0.2) is 0 Å². The summed E-state index contributed by atoms with van der Waals surface area (Å²) in [5, 5.41) is 8.13. The van der Waals surface area contributed by atoms with E-state index in [2.05, 4.69) is 11.4 Å². The van der Waals surface area contributed by atoms with E-state index in [-0.39, 0.29) is 5.75 Å². The summed E-state index contributed by atoms with van der Waals surface area (Å²) in [5.41, 5.74) is 2.44. The van der Waals surface area contributed by atoms with Gasteiger partial charge in [-0.1, -0.05) is 12.1 Å². The van der Waals surface area contributed by atoms with Crippen LogP contribution in [-0.2, 0) is 23.0 Å². The Labute approximate surface area is 107 Å². The number of hydrogen-bond acceptors (Lipinski definition) is 4. The van der Waals surface area contributed by atoms with Crippen molar-refractivity contribution in [1.82, 2.24) is 5.32 Å². The Bertz CT molecular complexity index is 514. The molecule has 0 atom stereocenters. The van der Waals surface area contributed by atoms with E-state index in [0.29, 0.717) is 13.0 Å². The summed E-state index contributed by atoms with van der Waals surface area (Å²) >= 11 is 0. The molecule has 0 spiro atoms. The molecule has 1 aliphatic heterocycles. The molecule has 18 heavy (non-hydrogen) atoms. The smallest absolute Gasteiger partial charge is 0.209 e. The molecule has 0 saturated heterocycles. The number of benzene rings is 1. The van der Waals surface area contributed by atoms with Crippen LogP contribution < -0.4 is 15.2 Å². The average molecular weight is 270 g/mol. The van der Waals surface area contributed by atoms with Gasteiger partial charge in [-0.05, 0) is 30.2 Å². The number of sulfonamides is 1. The van der Waals surface area contributed by atoms with Crippen molar-refractivity contribution in [2.45, 2.75) is 19.4 Å². The summed E-state index contributed by atoms with van der Waals surface area (Å²) in [6, 6.07) is 6.15. The quantitative estimate of drug-likeness (QED) is 0.733. The largest absolute Gasteiger partial charge is 0.493 e. The monoisotopic (exact) mass is 270 g/mol. The van der Waals surface area contributed by atoms with Crippen molar-refractivity contribution in [1.29, 1.82) is 0 Å². The fourth-order valence-corrected chi connectivity index (χ4v) is 2.53. The van der Waals surface area contributed by atoms with Gasteiger partial charge in [0.25, 0.3) is 0 Å². The van der Waals surface area contributed by atoms with Gasteiger partial charge in [0, 0.05) is 13.0 Å². The lowest BCUT2D eigenvalue weighted by Gasteiger charge is -2.06. The third-order valence-electron chi connectivity index (χ3n) is 2.87. The summed E-state index contributed by atoms with van der Waals surface area (Å²) in [7, 11) is -3.33. The van der Waals surface area contributed by atoms with Gasteiger partial charge in [-0.3, -0.25) is 0 Å². The molecule has 0 amide bonds. The molecule has 2 rings (SSSR count). The van der Waals surface area contributed by atoms with Crippen molar-refractivity contribution in [2.75, 3.05) is 18.9 Å². The van der Waals surface area contributed by atoms with E-state index >= 15 is 0 Å². The van der Waals surface area contributed by atoms with Crippen LogP contribution in [0.4, 0.5) is 0 Å². The lowest BCUT2D eigenvalue weighted by molar-refractivity contribution is 0.357. The Morgan fingerprint density at radius 3 is 3.00 bits per heavy atom. The molecule has 5 nitrogen and oxygen atoms in total. The van der Waals surface area contributed by atoms with Crippen molar-refractivity contribution in [3.63, 3.8) is 0 Å². The number of nitrogens with one attached hydrogen (secondary N) is 1. The molecule has 0 aliphatic carbocycles. The number of hydrogen-bond donors (Lipinski definition) is 2. The number of rotatable bonds is 6. The van der Waals surface area contributed by atoms with Gasteiger partial charge in [0.2, 0.25) is 10.0 Å². The fourth-order valence-electron chi connectivity index (χ4n) is 1.98. The zero-order valence-electron chi connectivity index (χ0n) is 10.2. The number of nitrogens with two attached hydrogens (primary N) is 1. The molecule has 1 aromatic carbocycles. The standard InChI is InChI=1S/C12H18N2O3S/c13-18(15,16)7-1-5-14-9-10-2-3-12-11(8-10)4-6-17-12/h2-3,8,14H,1,4-7,9H2,(H2,13,15,16). The second-order valence-electron chi connectivity index (χ2n) is 4.44. The summed E-state index contributed by atoms with van der Waals surface area (Å²) in [4.78, 5) is 0. The summed E-state index contributed by atoms with van der Waals surface area (Å²) in [6.07, 6.45) is 1.50. The van der Waals surface area contributed by atoms with Crippen LogP contribution in [0.2, 0.25) is 0 Å². The van der Waals surface area contributed by atoms with E-state index in [0.717, 1.165) is 25.3 Å². The molecule has 6 heteroatoms. The second-order valence-corrected chi connectivity index (χ2v) is 6.17. The average Bonchev–Trinajstić information content (AvgIpc) is 2.74. The molecule has 3 N–H and O–H groups in total. The molecule has 0 fully saturated rings. The third kappa shape index (κ3) is 3.97. The minimum atomic E-state index is -3.33. The normalized spacial score (nSPS) is 14.3. The Kier molecular flexibility index (Phi) is 4.21. The molecule has 1 heterocycles. The van der Waals surface area contributed by atoms with E-state index in [9.17, 15) is 8.42 Å². The number of fused-ring (bicyclic) bond motifs is 1. The van der Waals surface area contributed by atoms with Crippen LogP contribution in [-0.4, -0.2) is 27.3 Å². The van der Waals surface area contributed by atoms with E-state index in [1.165, 1.54) is 11.1 Å². The fraction of sp³-hybridized carbons (Fsp3) is 0.500. The van der Waals surface area contributed by atoms with Crippen molar-refractivity contribution >= 4 is 10.0 Å². The van der Waals surface area contributed by atoms with Gasteiger partial charge in [0.05, 0.1) is 12.4 Å². The van der Waals surface area contributed by atoms with Crippen LogP contribution in [0.25, 0.3) is 0 Å². The van der Waals surface area contributed by atoms with Crippen LogP contribution in [0.5, 0.6) is 5.75 Å². The van der Waals surface area contributed by atoms with E-state index in [1.807, 2.05) is 12.1 Å². The van der Waals surface area contributed by atoms with E-state index < -0.39 is 10.0 Å². The van der Waals surface area contributed by atoms with Crippen molar-refractivity contribution < 1.29 is 13.2 Å². The summed E-state index contributed by atoms with van der Waals surface area (Å²) in [5.74, 6) is 1.01. The van der Waals surface area contributed by atoms with E-state index in [1.54, 1.807) is 0 Å². The molecular formula is C12H18N2O3S. The maximum Gasteiger partial charge on any atom is 0.209 e. The van der Waals surface area contributed by atoms with Crippen LogP contribution >= 0.6 is 0 Å². The highest BCUT2D eigenvalue weighted by Gasteiger charge is 2.11. The van der Waals surface area contributed by atoms with Gasteiger partial charge in [0.1, 0.15) is 5.75 Å². The van der Waals surface area contributed by atoms with Crippen molar-refractivity contribution in [3.8, 4) is 5.75 Å². The first-order valence-corrected chi connectivity index (χ1v) is 7.72. The molecular weight excluding hydrogens is 252 g/mol. The highest BCUT2D eigenvalue weighted by atomic mass is 32.2. The zero-order valence-corrected chi connectivity index (χ0v) is 11.0. The van der Waals surface area contributed by atoms with Gasteiger partial charge in [-0.25, -0.2) is 13.6 Å². The second kappa shape index (κ2) is 5.69. The molecule has 0 saturated carbocycles. The van der Waals surface area contributed by atoms with Gasteiger partial charge in [-0.15, -0.1) is 0 Å². The minimum Gasteiger partial charge on any atom is -0.493 e. The van der Waals surface area contributed by atoms with Crippen LogP contribution in [0, 0.1) is 0 Å². The molecule has 100 valence electrons. The maximum absolute atomic E-state index is 10.7. The Morgan fingerprint density at radius 2 is 2.22 bits per heavy atom. The van der Waals surface area contributed by atoms with Crippen molar-refractivity contribution in [2.24, 2.45) is 5.14 Å². The molecule has 0 radical (unpaired) electrons. The topological polar surface area (TPSA) is 81.4 Å². The lowest BCUT2D eigenvalue weighted by atomic mass is 10.1. The molecule has 1 aromatic rings. The Hall–Kier alpha value is -1.11. The number of ether oxygens (including phenoxy) is 1. The Balaban J connectivity index is 1.74. The maximum atomic E-state index is 10.7. The minimum absolute atomic E-state index is 0.0258. The predicted octanol–water partition coefficient (Wildman–Crippen LogP) is 0.390. The predicted molar refractivity (Wildman–Crippen MR) is 69.9 cm³/mol. The first kappa shape index (κ1) is 13.3. The molecule has 0 bridgehead atoms. The summed E-state index contributed by atoms with van der Waals surface area (Å²) in [6.45, 7) is 2.14. The van der Waals surface area contributed by atoms with Gasteiger partial charge >= 0.3 is 0 Å². The molecule has 0 aromatic heterocycles. The Morgan fingerprint density at radius 1 is 1.39 bits per heavy atom. The molecule has 0 unspecified atom stereocenters. The van der Waals surface area contributed by atoms with Gasteiger partial charge in [-0.2, -0.15) is 0 Å². The summed E-state index contributed by atoms with van der Waals surface area (Å²) < 4.78 is 26.9. The SMILES string of the molecule is NS(=O)(=O)CCCNCc1ccc2c(c1)CCO2. The lowest BCUT2D eigenvalue weighted by Crippen LogP contribution is -2.22. The third-order valence-corrected chi connectivity index (χ3v) is 3.72. The first-order chi connectivity index (χ1) is 8.54. The molecule has 1 aliphatic rings. The highest BCUT2D eigenvalue weighted by molar-refractivity contribution is 7.89. The van der Waals surface area contributed by atoms with Crippen LogP contribution in [0.1, 0.15) is 17.5 Å². The van der Waals surface area contributed by atoms with Gasteiger partial charge < -0.3 is 10.1 Å². The first-order valence-electron chi connectivity index (χ1n) is 6.00. The van der Waals surface area contributed by atoms with E-state index in [4.69, 9.17) is 9.88 Å². The van der Waals surface area contributed by atoms with Crippen LogP contribution in [0.3, 0.4) is 0 Å². The number of primary sulfonamides is 1. The zero-order chi connectivity index (χ0) is 13.0. The highest BCUT2D eigenvalue weighted by Crippen LogP contribution is 2.25. The van der Waals surface area contributed by atoms with Crippen LogP contribution in [0.15, 0.2) is 18.2 Å². The van der Waals surface area contributed by atoms with Crippen molar-refractivity contribution in [3.05, 3.63) is 29.3 Å².